The maximum atomic E-state index is 3.98. The second-order valence-electron chi connectivity index (χ2n) is 2.41. The molecule has 0 bridgehead atoms. The minimum atomic E-state index is 0.635. The van der Waals surface area contributed by atoms with Gasteiger partial charge in [0.1, 0.15) is 18.7 Å². The molecule has 0 amide bonds. The molecule has 0 aliphatic carbocycles. The van der Waals surface area contributed by atoms with Gasteiger partial charge in [-0.3, -0.25) is 4.99 Å². The van der Waals surface area contributed by atoms with Crippen LogP contribution in [-0.2, 0) is 6.54 Å². The van der Waals surface area contributed by atoms with Gasteiger partial charge in [-0.1, -0.05) is 0 Å². The first-order valence-electron chi connectivity index (χ1n) is 3.55. The number of nitrogens with zero attached hydrogens (tertiary/aromatic N) is 5. The van der Waals surface area contributed by atoms with E-state index < -0.39 is 0 Å². The molecule has 0 spiro atoms. The Morgan fingerprint density at radius 3 is 3.25 bits per heavy atom. The van der Waals surface area contributed by atoms with E-state index in [4.69, 9.17) is 0 Å². The predicted molar refractivity (Wildman–Crippen MR) is 43.8 cm³/mol. The number of nitrogens with one attached hydrogen (secondary N) is 1. The summed E-state index contributed by atoms with van der Waals surface area (Å²) in [5.74, 6) is 0. The van der Waals surface area contributed by atoms with Crippen LogP contribution in [-0.4, -0.2) is 39.7 Å². The lowest BCUT2D eigenvalue weighted by Gasteiger charge is -2.16. The van der Waals surface area contributed by atoms with E-state index in [0.717, 1.165) is 5.69 Å². The molecule has 0 atom stereocenters. The van der Waals surface area contributed by atoms with Gasteiger partial charge in [0.05, 0.1) is 19.1 Å². The van der Waals surface area contributed by atoms with Gasteiger partial charge in [-0.2, -0.15) is 15.4 Å². The molecule has 2 rings (SSSR count). The Morgan fingerprint density at radius 2 is 2.58 bits per heavy atom. The number of aliphatic imine (C=N–C) groups is 2. The Morgan fingerprint density at radius 1 is 1.58 bits per heavy atom. The van der Waals surface area contributed by atoms with E-state index in [1.165, 1.54) is 0 Å². The molecule has 1 aliphatic rings. The maximum absolute atomic E-state index is 3.98. The monoisotopic (exact) mass is 164 g/mol. The molecule has 6 nitrogen and oxygen atoms in total. The Kier molecular flexibility index (Phi) is 1.81. The summed E-state index contributed by atoms with van der Waals surface area (Å²) in [6.45, 7) is 1.33. The quantitative estimate of drug-likeness (QED) is 0.648. The first-order chi connectivity index (χ1) is 5.95. The highest BCUT2D eigenvalue weighted by molar-refractivity contribution is 5.72. The van der Waals surface area contributed by atoms with Crippen molar-refractivity contribution in [2.45, 2.75) is 6.54 Å². The summed E-state index contributed by atoms with van der Waals surface area (Å²) in [5, 5.41) is 10.2. The van der Waals surface area contributed by atoms with E-state index in [1.54, 1.807) is 18.9 Å². The van der Waals surface area contributed by atoms with Gasteiger partial charge < -0.3 is 4.90 Å². The van der Waals surface area contributed by atoms with Crippen molar-refractivity contribution in [3.8, 4) is 0 Å². The fourth-order valence-electron chi connectivity index (χ4n) is 0.950. The van der Waals surface area contributed by atoms with Crippen LogP contribution in [0.1, 0.15) is 5.69 Å². The topological polar surface area (TPSA) is 69.5 Å². The number of hydrogen-bond donors (Lipinski definition) is 1. The lowest BCUT2D eigenvalue weighted by Crippen LogP contribution is -2.24. The maximum Gasteiger partial charge on any atom is 0.113 e. The van der Waals surface area contributed by atoms with E-state index in [-0.39, 0.29) is 0 Å². The SMILES string of the molecule is C1=NC=NCN1Cc1cn[nH]n1. The molecule has 12 heavy (non-hydrogen) atoms. The fraction of sp³-hybridized carbons (Fsp3) is 0.333. The van der Waals surface area contributed by atoms with Crippen molar-refractivity contribution in [2.75, 3.05) is 6.67 Å². The zero-order valence-corrected chi connectivity index (χ0v) is 6.38. The van der Waals surface area contributed by atoms with Crippen LogP contribution in [0.2, 0.25) is 0 Å². The fourth-order valence-corrected chi connectivity index (χ4v) is 0.950. The summed E-state index contributed by atoms with van der Waals surface area (Å²) in [6, 6.07) is 0. The van der Waals surface area contributed by atoms with Crippen molar-refractivity contribution in [1.29, 1.82) is 0 Å². The largest absolute Gasteiger partial charge is 0.337 e. The molecule has 0 unspecified atom stereocenters. The molecule has 1 aromatic rings. The summed E-state index contributed by atoms with van der Waals surface area (Å²) in [4.78, 5) is 9.82. The van der Waals surface area contributed by atoms with Gasteiger partial charge in [0.2, 0.25) is 0 Å². The first-order valence-corrected chi connectivity index (χ1v) is 3.55. The van der Waals surface area contributed by atoms with Crippen molar-refractivity contribution in [1.82, 2.24) is 20.3 Å². The third kappa shape index (κ3) is 1.47. The summed E-state index contributed by atoms with van der Waals surface area (Å²) >= 11 is 0. The number of H-pyrrole nitrogens is 1. The van der Waals surface area contributed by atoms with Gasteiger partial charge in [-0.25, -0.2) is 4.99 Å². The van der Waals surface area contributed by atoms with Gasteiger partial charge in [0.25, 0.3) is 0 Å². The third-order valence-electron chi connectivity index (χ3n) is 1.47. The van der Waals surface area contributed by atoms with Crippen molar-refractivity contribution < 1.29 is 0 Å². The van der Waals surface area contributed by atoms with E-state index in [2.05, 4.69) is 25.4 Å². The van der Waals surface area contributed by atoms with Crippen LogP contribution in [0.15, 0.2) is 16.2 Å². The van der Waals surface area contributed by atoms with Gasteiger partial charge in [-0.15, -0.1) is 0 Å². The third-order valence-corrected chi connectivity index (χ3v) is 1.47. The standard InChI is InChI=1S/C6H8N6/c1-6(10-11-9-1)2-12-4-7-3-8-5-12/h1,3-4H,2,5H2,(H,9,10,11). The predicted octanol–water partition coefficient (Wildman–Crippen LogP) is -0.366. The first kappa shape index (κ1) is 6.96. The van der Waals surface area contributed by atoms with E-state index in [9.17, 15) is 0 Å². The van der Waals surface area contributed by atoms with Crippen LogP contribution in [0.3, 0.4) is 0 Å². The highest BCUT2D eigenvalue weighted by atomic mass is 15.3. The van der Waals surface area contributed by atoms with Crippen molar-refractivity contribution in [3.63, 3.8) is 0 Å². The second-order valence-corrected chi connectivity index (χ2v) is 2.41. The minimum Gasteiger partial charge on any atom is -0.337 e. The van der Waals surface area contributed by atoms with E-state index >= 15 is 0 Å². The van der Waals surface area contributed by atoms with Crippen LogP contribution < -0.4 is 0 Å². The molecular weight excluding hydrogens is 156 g/mol. The summed E-state index contributed by atoms with van der Waals surface area (Å²) < 4.78 is 0. The average molecular weight is 164 g/mol. The highest BCUT2D eigenvalue weighted by Gasteiger charge is 2.03. The Balaban J connectivity index is 1.96. The van der Waals surface area contributed by atoms with Gasteiger partial charge >= 0.3 is 0 Å². The van der Waals surface area contributed by atoms with Gasteiger partial charge in [0, 0.05) is 0 Å². The minimum absolute atomic E-state index is 0.635. The van der Waals surface area contributed by atoms with Crippen LogP contribution >= 0.6 is 0 Å². The van der Waals surface area contributed by atoms with Crippen LogP contribution in [0, 0.1) is 0 Å². The lowest BCUT2D eigenvalue weighted by molar-refractivity contribution is 0.430. The second kappa shape index (κ2) is 3.12. The summed E-state index contributed by atoms with van der Waals surface area (Å²) in [7, 11) is 0. The van der Waals surface area contributed by atoms with Crippen molar-refractivity contribution in [2.24, 2.45) is 9.98 Å². The van der Waals surface area contributed by atoms with Crippen molar-refractivity contribution >= 4 is 12.7 Å². The van der Waals surface area contributed by atoms with E-state index in [0.29, 0.717) is 13.2 Å². The normalized spacial score (nSPS) is 15.5. The number of aromatic nitrogens is 3. The number of rotatable bonds is 2. The smallest absolute Gasteiger partial charge is 0.113 e. The van der Waals surface area contributed by atoms with Crippen LogP contribution in [0.25, 0.3) is 0 Å². The van der Waals surface area contributed by atoms with E-state index in [1.807, 2.05) is 4.90 Å². The van der Waals surface area contributed by atoms with Gasteiger partial charge in [0.15, 0.2) is 0 Å². The molecule has 1 aromatic heterocycles. The Bertz CT molecular complexity index is 287. The molecule has 1 N–H and O–H groups in total. The number of aromatic amines is 1. The Hall–Kier alpha value is -1.72. The number of hydrogen-bond acceptors (Lipinski definition) is 5. The lowest BCUT2D eigenvalue weighted by atomic mass is 10.4. The molecule has 1 aliphatic heterocycles. The summed E-state index contributed by atoms with van der Waals surface area (Å²) in [6.07, 6.45) is 4.97. The summed E-state index contributed by atoms with van der Waals surface area (Å²) in [5.41, 5.74) is 0.888. The average Bonchev–Trinajstić information content (AvgIpc) is 2.59. The molecule has 0 fully saturated rings. The van der Waals surface area contributed by atoms with Crippen LogP contribution in [0.4, 0.5) is 0 Å². The zero-order chi connectivity index (χ0) is 8.23. The molecule has 6 heteroatoms. The molecule has 62 valence electrons. The molecule has 0 radical (unpaired) electrons. The molecule has 0 saturated heterocycles. The molecule has 0 aromatic carbocycles. The molecular formula is C6H8N6. The molecule has 0 saturated carbocycles. The Labute approximate surface area is 69.0 Å². The van der Waals surface area contributed by atoms with Crippen molar-refractivity contribution in [3.05, 3.63) is 11.9 Å². The highest BCUT2D eigenvalue weighted by Crippen LogP contribution is 1.98. The van der Waals surface area contributed by atoms with Gasteiger partial charge in [-0.05, 0) is 0 Å². The zero-order valence-electron chi connectivity index (χ0n) is 6.38. The molecule has 2 heterocycles. The van der Waals surface area contributed by atoms with Crippen LogP contribution in [0.5, 0.6) is 0 Å².